The molecule has 0 aromatic heterocycles. The maximum Gasteiger partial charge on any atom is 0.338 e. The summed E-state index contributed by atoms with van der Waals surface area (Å²) >= 11 is 0. The van der Waals surface area contributed by atoms with Crippen LogP contribution in [0, 0.1) is 0 Å². The molecule has 0 heterocycles. The van der Waals surface area contributed by atoms with E-state index in [1.807, 2.05) is 0 Å². The minimum absolute atomic E-state index is 0.0182. The SMILES string of the molecule is CCOC(=O)c1ccc(NC(=O)Nc2ccccc2O)cc1. The van der Waals surface area contributed by atoms with Gasteiger partial charge in [0.05, 0.1) is 17.9 Å². The monoisotopic (exact) mass is 300 g/mol. The van der Waals surface area contributed by atoms with Gasteiger partial charge in [0.2, 0.25) is 0 Å². The molecule has 114 valence electrons. The van der Waals surface area contributed by atoms with Gasteiger partial charge in [0.15, 0.2) is 0 Å². The maximum atomic E-state index is 11.8. The Hall–Kier alpha value is -3.02. The molecule has 0 saturated carbocycles. The number of phenolic OH excluding ortho intramolecular Hbond substituents is 1. The molecule has 0 atom stereocenters. The number of rotatable bonds is 4. The largest absolute Gasteiger partial charge is 0.506 e. The van der Waals surface area contributed by atoms with Gasteiger partial charge >= 0.3 is 12.0 Å². The van der Waals surface area contributed by atoms with E-state index in [1.165, 1.54) is 6.07 Å². The first-order chi connectivity index (χ1) is 10.6. The van der Waals surface area contributed by atoms with E-state index in [-0.39, 0.29) is 5.75 Å². The number of para-hydroxylation sites is 2. The van der Waals surface area contributed by atoms with E-state index in [9.17, 15) is 14.7 Å². The van der Waals surface area contributed by atoms with Crippen molar-refractivity contribution in [3.63, 3.8) is 0 Å². The number of hydrogen-bond acceptors (Lipinski definition) is 4. The second-order valence-corrected chi connectivity index (χ2v) is 4.39. The van der Waals surface area contributed by atoms with E-state index < -0.39 is 12.0 Å². The van der Waals surface area contributed by atoms with Crippen LogP contribution in [0.3, 0.4) is 0 Å². The van der Waals surface area contributed by atoms with Crippen LogP contribution in [0.5, 0.6) is 5.75 Å². The first-order valence-electron chi connectivity index (χ1n) is 6.73. The van der Waals surface area contributed by atoms with Crippen molar-refractivity contribution in [1.29, 1.82) is 0 Å². The molecule has 2 aromatic carbocycles. The van der Waals surface area contributed by atoms with Crippen molar-refractivity contribution in [1.82, 2.24) is 0 Å². The van der Waals surface area contributed by atoms with Crippen molar-refractivity contribution in [2.24, 2.45) is 0 Å². The third kappa shape index (κ3) is 3.99. The van der Waals surface area contributed by atoms with Crippen LogP contribution in [0.2, 0.25) is 0 Å². The number of hydrogen-bond donors (Lipinski definition) is 3. The summed E-state index contributed by atoms with van der Waals surface area (Å²) in [6.07, 6.45) is 0. The molecule has 2 amide bonds. The van der Waals surface area contributed by atoms with Crippen molar-refractivity contribution in [2.75, 3.05) is 17.2 Å². The number of esters is 1. The highest BCUT2D eigenvalue weighted by molar-refractivity contribution is 6.01. The number of phenols is 1. The molecule has 0 saturated heterocycles. The number of urea groups is 1. The number of amides is 2. The fraction of sp³-hybridized carbons (Fsp3) is 0.125. The summed E-state index contributed by atoms with van der Waals surface area (Å²) in [5.41, 5.74) is 1.23. The molecule has 0 radical (unpaired) electrons. The lowest BCUT2D eigenvalue weighted by Gasteiger charge is -2.09. The Morgan fingerprint density at radius 3 is 2.36 bits per heavy atom. The van der Waals surface area contributed by atoms with Crippen molar-refractivity contribution < 1.29 is 19.4 Å². The standard InChI is InChI=1S/C16H16N2O4/c1-2-22-15(20)11-7-9-12(10-8-11)17-16(21)18-13-5-3-4-6-14(13)19/h3-10,19H,2H2,1H3,(H2,17,18,21). The molecule has 6 heteroatoms. The fourth-order valence-electron chi connectivity index (χ4n) is 1.77. The summed E-state index contributed by atoms with van der Waals surface area (Å²) in [5, 5.41) is 14.7. The number of ether oxygens (including phenoxy) is 1. The third-order valence-corrected chi connectivity index (χ3v) is 2.81. The normalized spacial score (nSPS) is 9.86. The Bertz CT molecular complexity index is 668. The molecule has 0 aliphatic heterocycles. The molecule has 0 spiro atoms. The van der Waals surface area contributed by atoms with Crippen LogP contribution in [0.25, 0.3) is 0 Å². The predicted octanol–water partition coefficient (Wildman–Crippen LogP) is 3.21. The van der Waals surface area contributed by atoms with Crippen LogP contribution in [-0.4, -0.2) is 23.7 Å². The zero-order chi connectivity index (χ0) is 15.9. The Labute approximate surface area is 127 Å². The summed E-state index contributed by atoms with van der Waals surface area (Å²) in [4.78, 5) is 23.3. The first-order valence-corrected chi connectivity index (χ1v) is 6.73. The summed E-state index contributed by atoms with van der Waals surface area (Å²) in [5.74, 6) is -0.428. The number of carbonyl (C=O) groups is 2. The summed E-state index contributed by atoms with van der Waals surface area (Å²) in [6, 6.07) is 12.2. The van der Waals surface area contributed by atoms with Crippen molar-refractivity contribution in [3.05, 3.63) is 54.1 Å². The molecule has 2 rings (SSSR count). The van der Waals surface area contributed by atoms with Crippen molar-refractivity contribution >= 4 is 23.4 Å². The first kappa shape index (κ1) is 15.4. The highest BCUT2D eigenvalue weighted by Crippen LogP contribution is 2.21. The lowest BCUT2D eigenvalue weighted by atomic mass is 10.2. The van der Waals surface area contributed by atoms with E-state index in [0.29, 0.717) is 23.5 Å². The second-order valence-electron chi connectivity index (χ2n) is 4.39. The fourth-order valence-corrected chi connectivity index (χ4v) is 1.77. The van der Waals surface area contributed by atoms with E-state index in [4.69, 9.17) is 4.74 Å². The highest BCUT2D eigenvalue weighted by Gasteiger charge is 2.08. The molecule has 0 fully saturated rings. The lowest BCUT2D eigenvalue weighted by molar-refractivity contribution is 0.0526. The zero-order valence-corrected chi connectivity index (χ0v) is 12.0. The molecule has 2 aromatic rings. The van der Waals surface area contributed by atoms with Crippen LogP contribution in [0.1, 0.15) is 17.3 Å². The predicted molar refractivity (Wildman–Crippen MR) is 83.1 cm³/mol. The number of nitrogens with one attached hydrogen (secondary N) is 2. The molecular formula is C16H16N2O4. The molecular weight excluding hydrogens is 284 g/mol. The van der Waals surface area contributed by atoms with Gasteiger partial charge < -0.3 is 20.5 Å². The van der Waals surface area contributed by atoms with Gasteiger partial charge in [-0.1, -0.05) is 12.1 Å². The average Bonchev–Trinajstić information content (AvgIpc) is 2.50. The molecule has 0 aliphatic carbocycles. The van der Waals surface area contributed by atoms with Gasteiger partial charge in [-0.05, 0) is 43.3 Å². The molecule has 22 heavy (non-hydrogen) atoms. The van der Waals surface area contributed by atoms with Gasteiger partial charge in [-0.3, -0.25) is 0 Å². The van der Waals surface area contributed by atoms with Gasteiger partial charge in [0.1, 0.15) is 5.75 Å². The third-order valence-electron chi connectivity index (χ3n) is 2.81. The summed E-state index contributed by atoms with van der Waals surface area (Å²) in [7, 11) is 0. The summed E-state index contributed by atoms with van der Waals surface area (Å²) < 4.78 is 4.87. The lowest BCUT2D eigenvalue weighted by Crippen LogP contribution is -2.19. The Kier molecular flexibility index (Phi) is 4.98. The zero-order valence-electron chi connectivity index (χ0n) is 12.0. The second kappa shape index (κ2) is 7.12. The van der Waals surface area contributed by atoms with Gasteiger partial charge in [-0.15, -0.1) is 0 Å². The van der Waals surface area contributed by atoms with Crippen LogP contribution in [0.15, 0.2) is 48.5 Å². The number of aromatic hydroxyl groups is 1. The Morgan fingerprint density at radius 1 is 1.05 bits per heavy atom. The van der Waals surface area contributed by atoms with Crippen molar-refractivity contribution in [2.45, 2.75) is 6.92 Å². The van der Waals surface area contributed by atoms with Crippen LogP contribution in [-0.2, 0) is 4.74 Å². The minimum Gasteiger partial charge on any atom is -0.506 e. The number of anilines is 2. The van der Waals surface area contributed by atoms with Gasteiger partial charge in [0.25, 0.3) is 0 Å². The average molecular weight is 300 g/mol. The Morgan fingerprint density at radius 2 is 1.73 bits per heavy atom. The van der Waals surface area contributed by atoms with Crippen LogP contribution in [0.4, 0.5) is 16.2 Å². The number of benzene rings is 2. The van der Waals surface area contributed by atoms with E-state index in [0.717, 1.165) is 0 Å². The van der Waals surface area contributed by atoms with Crippen LogP contribution >= 0.6 is 0 Å². The smallest absolute Gasteiger partial charge is 0.338 e. The molecule has 0 bridgehead atoms. The maximum absolute atomic E-state index is 11.8. The molecule has 3 N–H and O–H groups in total. The topological polar surface area (TPSA) is 87.7 Å². The van der Waals surface area contributed by atoms with Gasteiger partial charge in [0, 0.05) is 5.69 Å². The number of carbonyl (C=O) groups excluding carboxylic acids is 2. The minimum atomic E-state index is -0.495. The van der Waals surface area contributed by atoms with Gasteiger partial charge in [-0.2, -0.15) is 0 Å². The molecule has 6 nitrogen and oxygen atoms in total. The molecule has 0 unspecified atom stereocenters. The van der Waals surface area contributed by atoms with E-state index in [2.05, 4.69) is 10.6 Å². The highest BCUT2D eigenvalue weighted by atomic mass is 16.5. The quantitative estimate of drug-likeness (QED) is 0.597. The van der Waals surface area contributed by atoms with Crippen molar-refractivity contribution in [3.8, 4) is 5.75 Å². The summed E-state index contributed by atoms with van der Waals surface area (Å²) in [6.45, 7) is 2.04. The Balaban J connectivity index is 1.97. The molecule has 0 aliphatic rings. The van der Waals surface area contributed by atoms with Gasteiger partial charge in [-0.25, -0.2) is 9.59 Å². The van der Waals surface area contributed by atoms with E-state index >= 15 is 0 Å². The van der Waals surface area contributed by atoms with Crippen LogP contribution < -0.4 is 10.6 Å². The van der Waals surface area contributed by atoms with E-state index in [1.54, 1.807) is 49.4 Å².